The molecule has 1 N–H and O–H groups in total. The van der Waals surface area contributed by atoms with Gasteiger partial charge in [-0.1, -0.05) is 27.2 Å². The van der Waals surface area contributed by atoms with E-state index in [0.29, 0.717) is 12.0 Å². The zero-order chi connectivity index (χ0) is 12.7. The van der Waals surface area contributed by atoms with E-state index in [1.165, 1.54) is 0 Å². The topological polar surface area (TPSA) is 38.0 Å². The molecule has 0 spiro atoms. The Kier molecular flexibility index (Phi) is 6.27. The van der Waals surface area contributed by atoms with E-state index in [0.717, 1.165) is 37.8 Å². The molecule has 1 unspecified atom stereocenters. The summed E-state index contributed by atoms with van der Waals surface area (Å²) in [5.41, 5.74) is 1.12. The highest BCUT2D eigenvalue weighted by atomic mass is 16.3. The van der Waals surface area contributed by atoms with Crippen molar-refractivity contribution in [2.75, 3.05) is 6.61 Å². The van der Waals surface area contributed by atoms with Gasteiger partial charge in [0.1, 0.15) is 0 Å². The molecular formula is C14H26N2O. The molecule has 1 aromatic rings. The summed E-state index contributed by atoms with van der Waals surface area (Å²) < 4.78 is 2.08. The number of hydrogen-bond donors (Lipinski definition) is 1. The minimum atomic E-state index is 0.270. The molecule has 0 radical (unpaired) electrons. The maximum atomic E-state index is 9.29. The molecule has 98 valence electrons. The number of aliphatic hydroxyl groups excluding tert-OH is 1. The molecule has 0 aliphatic heterocycles. The summed E-state index contributed by atoms with van der Waals surface area (Å²) in [7, 11) is 0. The molecule has 0 bridgehead atoms. The Bertz CT molecular complexity index is 305. The summed E-state index contributed by atoms with van der Waals surface area (Å²) in [4.78, 5) is 0. The average molecular weight is 238 g/mol. The predicted molar refractivity (Wildman–Crippen MR) is 71.0 cm³/mol. The second-order valence-corrected chi connectivity index (χ2v) is 4.80. The van der Waals surface area contributed by atoms with Crippen molar-refractivity contribution in [3.8, 4) is 0 Å². The van der Waals surface area contributed by atoms with Crippen LogP contribution in [0.3, 0.4) is 0 Å². The molecule has 0 aliphatic carbocycles. The lowest BCUT2D eigenvalue weighted by Crippen LogP contribution is -2.11. The van der Waals surface area contributed by atoms with Crippen LogP contribution >= 0.6 is 0 Å². The molecule has 3 nitrogen and oxygen atoms in total. The number of hydrogen-bond acceptors (Lipinski definition) is 2. The van der Waals surface area contributed by atoms with Crippen molar-refractivity contribution >= 4 is 0 Å². The Morgan fingerprint density at radius 3 is 2.53 bits per heavy atom. The number of nitrogens with zero attached hydrogens (tertiary/aromatic N) is 2. The molecule has 1 heterocycles. The monoisotopic (exact) mass is 238 g/mol. The van der Waals surface area contributed by atoms with E-state index in [9.17, 15) is 5.11 Å². The summed E-state index contributed by atoms with van der Waals surface area (Å²) >= 11 is 0. The van der Waals surface area contributed by atoms with Crippen LogP contribution in [0.5, 0.6) is 0 Å². The first kappa shape index (κ1) is 14.2. The van der Waals surface area contributed by atoms with Crippen LogP contribution in [0.2, 0.25) is 0 Å². The highest BCUT2D eigenvalue weighted by Crippen LogP contribution is 2.17. The SMILES string of the molecule is CCCC(CO)Cc1ccn(C(CC)CC)n1. The van der Waals surface area contributed by atoms with Crippen molar-refractivity contribution in [2.24, 2.45) is 5.92 Å². The summed E-state index contributed by atoms with van der Waals surface area (Å²) in [5, 5.41) is 13.9. The fourth-order valence-corrected chi connectivity index (χ4v) is 2.31. The lowest BCUT2D eigenvalue weighted by Gasteiger charge is -2.13. The van der Waals surface area contributed by atoms with Crippen molar-refractivity contribution in [3.63, 3.8) is 0 Å². The Morgan fingerprint density at radius 2 is 2.00 bits per heavy atom. The molecule has 3 heteroatoms. The maximum absolute atomic E-state index is 9.29. The lowest BCUT2D eigenvalue weighted by molar-refractivity contribution is 0.216. The smallest absolute Gasteiger partial charge is 0.0628 e. The average Bonchev–Trinajstić information content (AvgIpc) is 2.79. The predicted octanol–water partition coefficient (Wildman–Crippen LogP) is 3.20. The third-order valence-electron chi connectivity index (χ3n) is 3.43. The zero-order valence-electron chi connectivity index (χ0n) is 11.4. The Morgan fingerprint density at radius 1 is 1.29 bits per heavy atom. The first-order valence-electron chi connectivity index (χ1n) is 6.89. The standard InChI is InChI=1S/C14H26N2O/c1-4-7-12(11-17)10-13-8-9-16(15-13)14(5-2)6-3/h8-9,12,14,17H,4-7,10-11H2,1-3H3. The van der Waals surface area contributed by atoms with Crippen LogP contribution in [-0.4, -0.2) is 21.5 Å². The zero-order valence-corrected chi connectivity index (χ0v) is 11.4. The molecular weight excluding hydrogens is 212 g/mol. The summed E-state index contributed by atoms with van der Waals surface area (Å²) in [6, 6.07) is 2.61. The normalized spacial score (nSPS) is 13.2. The molecule has 0 fully saturated rings. The van der Waals surface area contributed by atoms with Gasteiger partial charge in [-0.2, -0.15) is 5.10 Å². The van der Waals surface area contributed by atoms with Crippen molar-refractivity contribution < 1.29 is 5.11 Å². The minimum Gasteiger partial charge on any atom is -0.396 e. The van der Waals surface area contributed by atoms with Gasteiger partial charge in [0.05, 0.1) is 11.7 Å². The van der Waals surface area contributed by atoms with Crippen molar-refractivity contribution in [2.45, 2.75) is 58.9 Å². The first-order chi connectivity index (χ1) is 8.24. The maximum Gasteiger partial charge on any atom is 0.0628 e. The van der Waals surface area contributed by atoms with Crippen molar-refractivity contribution in [1.29, 1.82) is 0 Å². The van der Waals surface area contributed by atoms with E-state index >= 15 is 0 Å². The van der Waals surface area contributed by atoms with Gasteiger partial charge in [0, 0.05) is 12.8 Å². The van der Waals surface area contributed by atoms with Gasteiger partial charge >= 0.3 is 0 Å². The highest BCUT2D eigenvalue weighted by molar-refractivity contribution is 5.01. The number of aromatic nitrogens is 2. The third-order valence-corrected chi connectivity index (χ3v) is 3.43. The van der Waals surface area contributed by atoms with Crippen LogP contribution in [0, 0.1) is 5.92 Å². The molecule has 0 amide bonds. The van der Waals surface area contributed by atoms with Gasteiger partial charge in [-0.25, -0.2) is 0 Å². The molecule has 0 saturated heterocycles. The molecule has 1 aromatic heterocycles. The van der Waals surface area contributed by atoms with Gasteiger partial charge in [0.25, 0.3) is 0 Å². The summed E-state index contributed by atoms with van der Waals surface area (Å²) in [6.45, 7) is 6.82. The summed E-state index contributed by atoms with van der Waals surface area (Å²) in [5.74, 6) is 0.366. The van der Waals surface area contributed by atoms with E-state index in [1.807, 2.05) is 0 Å². The fourth-order valence-electron chi connectivity index (χ4n) is 2.31. The number of aliphatic hydroxyl groups is 1. The van der Waals surface area contributed by atoms with E-state index in [4.69, 9.17) is 0 Å². The van der Waals surface area contributed by atoms with E-state index in [1.54, 1.807) is 0 Å². The largest absolute Gasteiger partial charge is 0.396 e. The van der Waals surface area contributed by atoms with Gasteiger partial charge < -0.3 is 5.11 Å². The summed E-state index contributed by atoms with van der Waals surface area (Å²) in [6.07, 6.45) is 7.42. The molecule has 0 saturated carbocycles. The van der Waals surface area contributed by atoms with Gasteiger partial charge in [-0.3, -0.25) is 4.68 Å². The minimum absolute atomic E-state index is 0.270. The van der Waals surface area contributed by atoms with Crippen molar-refractivity contribution in [1.82, 2.24) is 9.78 Å². The van der Waals surface area contributed by atoms with Crippen molar-refractivity contribution in [3.05, 3.63) is 18.0 Å². The van der Waals surface area contributed by atoms with Crippen LogP contribution in [0.15, 0.2) is 12.3 Å². The third kappa shape index (κ3) is 4.15. The van der Waals surface area contributed by atoms with Gasteiger partial charge in [-0.15, -0.1) is 0 Å². The first-order valence-corrected chi connectivity index (χ1v) is 6.89. The highest BCUT2D eigenvalue weighted by Gasteiger charge is 2.12. The van der Waals surface area contributed by atoms with Crippen LogP contribution in [0.25, 0.3) is 0 Å². The second-order valence-electron chi connectivity index (χ2n) is 4.80. The molecule has 1 rings (SSSR count). The molecule has 0 aromatic carbocycles. The van der Waals surface area contributed by atoms with Crippen LogP contribution in [0.4, 0.5) is 0 Å². The second kappa shape index (κ2) is 7.49. The van der Waals surface area contributed by atoms with Crippen LogP contribution in [0.1, 0.15) is 58.2 Å². The molecule has 1 atom stereocenters. The Balaban J connectivity index is 2.60. The Hall–Kier alpha value is -0.830. The van der Waals surface area contributed by atoms with E-state index in [-0.39, 0.29) is 6.61 Å². The van der Waals surface area contributed by atoms with Crippen LogP contribution < -0.4 is 0 Å². The quantitative estimate of drug-likeness (QED) is 0.755. The number of rotatable bonds is 8. The molecule has 0 aliphatic rings. The van der Waals surface area contributed by atoms with Gasteiger partial charge in [0.15, 0.2) is 0 Å². The Labute approximate surface area is 105 Å². The molecule has 17 heavy (non-hydrogen) atoms. The van der Waals surface area contributed by atoms with E-state index < -0.39 is 0 Å². The van der Waals surface area contributed by atoms with Crippen LogP contribution in [-0.2, 0) is 6.42 Å². The van der Waals surface area contributed by atoms with Gasteiger partial charge in [-0.05, 0) is 37.7 Å². The van der Waals surface area contributed by atoms with Gasteiger partial charge in [0.2, 0.25) is 0 Å². The van der Waals surface area contributed by atoms with E-state index in [2.05, 4.69) is 42.8 Å². The fraction of sp³-hybridized carbons (Fsp3) is 0.786. The lowest BCUT2D eigenvalue weighted by atomic mass is 9.99.